The van der Waals surface area contributed by atoms with Crippen molar-refractivity contribution in [2.75, 3.05) is 13.6 Å². The molecule has 2 aromatic rings. The van der Waals surface area contributed by atoms with Crippen LogP contribution in [0.25, 0.3) is 0 Å². The maximum atomic E-state index is 12.8. The lowest BCUT2D eigenvalue weighted by Gasteiger charge is -2.18. The maximum absolute atomic E-state index is 12.8. The van der Waals surface area contributed by atoms with Gasteiger partial charge < -0.3 is 10.2 Å². The van der Waals surface area contributed by atoms with Crippen molar-refractivity contribution in [1.82, 2.24) is 10.2 Å². The van der Waals surface area contributed by atoms with Crippen molar-refractivity contribution in [3.63, 3.8) is 0 Å². The molecular weight excluding hydrogens is 319 g/mol. The zero-order valence-corrected chi connectivity index (χ0v) is 13.3. The third-order valence-electron chi connectivity index (χ3n) is 3.30. The molecule has 6 heteroatoms. The summed E-state index contributed by atoms with van der Waals surface area (Å²) in [6, 6.07) is 12.4. The predicted molar refractivity (Wildman–Crippen MR) is 86.7 cm³/mol. The van der Waals surface area contributed by atoms with Gasteiger partial charge in [0, 0.05) is 24.2 Å². The fraction of sp³-hybridized carbons (Fsp3) is 0.176. The van der Waals surface area contributed by atoms with Gasteiger partial charge in [0.25, 0.3) is 5.91 Å². The first kappa shape index (κ1) is 17.0. The van der Waals surface area contributed by atoms with Crippen LogP contribution in [0.15, 0.2) is 48.5 Å². The Balaban J connectivity index is 1.87. The van der Waals surface area contributed by atoms with Gasteiger partial charge in [-0.25, -0.2) is 4.39 Å². The van der Waals surface area contributed by atoms with Gasteiger partial charge in [-0.1, -0.05) is 29.8 Å². The van der Waals surface area contributed by atoms with E-state index in [1.54, 1.807) is 13.1 Å². The van der Waals surface area contributed by atoms with Crippen molar-refractivity contribution in [2.45, 2.75) is 6.54 Å². The second kappa shape index (κ2) is 7.74. The number of benzene rings is 2. The number of likely N-dealkylation sites (N-methyl/N-ethyl adjacent to an activating group) is 1. The topological polar surface area (TPSA) is 49.4 Å². The molecule has 120 valence electrons. The van der Waals surface area contributed by atoms with E-state index in [-0.39, 0.29) is 12.5 Å². The van der Waals surface area contributed by atoms with Gasteiger partial charge in [0.15, 0.2) is 0 Å². The molecule has 2 aromatic carbocycles. The maximum Gasteiger partial charge on any atom is 0.251 e. The molecule has 0 saturated heterocycles. The third kappa shape index (κ3) is 4.79. The molecule has 0 aliphatic heterocycles. The van der Waals surface area contributed by atoms with Crippen LogP contribution in [0.1, 0.15) is 15.9 Å². The van der Waals surface area contributed by atoms with Gasteiger partial charge in [0.1, 0.15) is 5.82 Å². The number of halogens is 2. The lowest BCUT2D eigenvalue weighted by atomic mass is 10.2. The first-order valence-corrected chi connectivity index (χ1v) is 7.36. The Labute approximate surface area is 138 Å². The third-order valence-corrected chi connectivity index (χ3v) is 3.67. The van der Waals surface area contributed by atoms with Crippen LogP contribution in [0, 0.1) is 5.82 Å². The molecule has 0 saturated carbocycles. The molecule has 0 spiro atoms. The van der Waals surface area contributed by atoms with Crippen LogP contribution in [0.3, 0.4) is 0 Å². The normalized spacial score (nSPS) is 10.2. The van der Waals surface area contributed by atoms with E-state index in [0.717, 1.165) is 5.56 Å². The Morgan fingerprint density at radius 3 is 2.43 bits per heavy atom. The molecular formula is C17H16ClFN2O2. The number of amides is 2. The zero-order valence-electron chi connectivity index (χ0n) is 12.6. The van der Waals surface area contributed by atoms with Crippen molar-refractivity contribution >= 4 is 23.4 Å². The van der Waals surface area contributed by atoms with Crippen molar-refractivity contribution in [3.8, 4) is 0 Å². The average Bonchev–Trinajstić information content (AvgIpc) is 2.55. The fourth-order valence-electron chi connectivity index (χ4n) is 1.96. The van der Waals surface area contributed by atoms with Crippen LogP contribution in [0.4, 0.5) is 4.39 Å². The minimum absolute atomic E-state index is 0.142. The van der Waals surface area contributed by atoms with E-state index < -0.39 is 11.7 Å². The van der Waals surface area contributed by atoms with Gasteiger partial charge in [-0.2, -0.15) is 0 Å². The summed E-state index contributed by atoms with van der Waals surface area (Å²) in [7, 11) is 1.63. The molecule has 0 atom stereocenters. The highest BCUT2D eigenvalue weighted by molar-refractivity contribution is 6.31. The molecule has 23 heavy (non-hydrogen) atoms. The zero-order chi connectivity index (χ0) is 16.8. The van der Waals surface area contributed by atoms with E-state index in [4.69, 9.17) is 11.6 Å². The molecule has 0 bridgehead atoms. The first-order chi connectivity index (χ1) is 11.0. The highest BCUT2D eigenvalue weighted by atomic mass is 35.5. The summed E-state index contributed by atoms with van der Waals surface area (Å²) in [6.45, 7) is 0.210. The summed E-state index contributed by atoms with van der Waals surface area (Å²) in [5, 5.41) is 3.10. The van der Waals surface area contributed by atoms with Crippen LogP contribution in [0.5, 0.6) is 0 Å². The smallest absolute Gasteiger partial charge is 0.251 e. The summed E-state index contributed by atoms with van der Waals surface area (Å²) in [5.74, 6) is -1.10. The lowest BCUT2D eigenvalue weighted by molar-refractivity contribution is -0.129. The molecule has 0 aliphatic rings. The quantitative estimate of drug-likeness (QED) is 0.914. The van der Waals surface area contributed by atoms with Crippen molar-refractivity contribution in [3.05, 3.63) is 70.5 Å². The number of hydrogen-bond donors (Lipinski definition) is 1. The largest absolute Gasteiger partial charge is 0.343 e. The molecule has 2 rings (SSSR count). The number of carbonyl (C=O) groups excluding carboxylic acids is 2. The molecule has 0 unspecified atom stereocenters. The van der Waals surface area contributed by atoms with Gasteiger partial charge in [0.05, 0.1) is 6.54 Å². The van der Waals surface area contributed by atoms with E-state index in [1.807, 2.05) is 18.2 Å². The number of rotatable bonds is 5. The van der Waals surface area contributed by atoms with Gasteiger partial charge >= 0.3 is 0 Å². The summed E-state index contributed by atoms with van der Waals surface area (Å²) >= 11 is 6.05. The van der Waals surface area contributed by atoms with E-state index in [2.05, 4.69) is 5.32 Å². The number of nitrogens with one attached hydrogen (secondary N) is 1. The van der Waals surface area contributed by atoms with Gasteiger partial charge in [-0.15, -0.1) is 0 Å². The minimum atomic E-state index is -0.426. The molecule has 2 amide bonds. The summed E-state index contributed by atoms with van der Waals surface area (Å²) < 4.78 is 12.8. The van der Waals surface area contributed by atoms with Crippen molar-refractivity contribution in [1.29, 1.82) is 0 Å². The van der Waals surface area contributed by atoms with Gasteiger partial charge in [0.2, 0.25) is 5.91 Å². The minimum Gasteiger partial charge on any atom is -0.343 e. The Morgan fingerprint density at radius 2 is 1.78 bits per heavy atom. The molecule has 0 fully saturated rings. The molecule has 4 nitrogen and oxygen atoms in total. The van der Waals surface area contributed by atoms with Crippen LogP contribution in [-0.4, -0.2) is 30.3 Å². The van der Waals surface area contributed by atoms with Gasteiger partial charge in [-0.3, -0.25) is 9.59 Å². The van der Waals surface area contributed by atoms with Gasteiger partial charge in [-0.05, 0) is 35.9 Å². The molecule has 0 radical (unpaired) electrons. The van der Waals surface area contributed by atoms with Crippen molar-refractivity contribution < 1.29 is 14.0 Å². The first-order valence-electron chi connectivity index (χ1n) is 6.98. The number of hydrogen-bond acceptors (Lipinski definition) is 2. The Kier molecular flexibility index (Phi) is 5.71. The monoisotopic (exact) mass is 334 g/mol. The van der Waals surface area contributed by atoms with Crippen LogP contribution < -0.4 is 5.32 Å². The summed E-state index contributed by atoms with van der Waals surface area (Å²) in [5.41, 5.74) is 1.13. The molecule has 0 heterocycles. The Morgan fingerprint density at radius 1 is 1.13 bits per heavy atom. The summed E-state index contributed by atoms with van der Waals surface area (Å²) in [4.78, 5) is 25.4. The molecule has 0 aliphatic carbocycles. The molecule has 1 N–H and O–H groups in total. The van der Waals surface area contributed by atoms with E-state index in [0.29, 0.717) is 17.1 Å². The van der Waals surface area contributed by atoms with E-state index >= 15 is 0 Å². The second-order valence-electron chi connectivity index (χ2n) is 5.03. The predicted octanol–water partition coefficient (Wildman–Crippen LogP) is 2.87. The highest BCUT2D eigenvalue weighted by Gasteiger charge is 2.13. The second-order valence-corrected chi connectivity index (χ2v) is 5.44. The Hall–Kier alpha value is -2.40. The number of nitrogens with zero attached hydrogens (tertiary/aromatic N) is 1. The van der Waals surface area contributed by atoms with E-state index in [9.17, 15) is 14.0 Å². The highest BCUT2D eigenvalue weighted by Crippen LogP contribution is 2.16. The van der Waals surface area contributed by atoms with Crippen LogP contribution >= 0.6 is 11.6 Å². The Bertz CT molecular complexity index is 704. The average molecular weight is 335 g/mol. The SMILES string of the molecule is CN(Cc1ccccc1Cl)C(=O)CNC(=O)c1ccc(F)cc1. The molecule has 0 aromatic heterocycles. The summed E-state index contributed by atoms with van der Waals surface area (Å²) in [6.07, 6.45) is 0. The number of carbonyl (C=O) groups is 2. The van der Waals surface area contributed by atoms with Crippen LogP contribution in [0.2, 0.25) is 5.02 Å². The standard InChI is InChI=1S/C17H16ClFN2O2/c1-21(11-13-4-2-3-5-15(13)18)16(22)10-20-17(23)12-6-8-14(19)9-7-12/h2-9H,10-11H2,1H3,(H,20,23). The van der Waals surface area contributed by atoms with E-state index in [1.165, 1.54) is 29.2 Å². The van der Waals surface area contributed by atoms with Crippen molar-refractivity contribution in [2.24, 2.45) is 0 Å². The van der Waals surface area contributed by atoms with Crippen LogP contribution in [-0.2, 0) is 11.3 Å². The fourth-order valence-corrected chi connectivity index (χ4v) is 2.16. The lowest BCUT2D eigenvalue weighted by Crippen LogP contribution is -2.37.